The van der Waals surface area contributed by atoms with Crippen LogP contribution in [0.15, 0.2) is 53.7 Å². The summed E-state index contributed by atoms with van der Waals surface area (Å²) >= 11 is 6.34. The average Bonchev–Trinajstić information content (AvgIpc) is 2.62. The van der Waals surface area contributed by atoms with E-state index < -0.39 is 29.3 Å². The summed E-state index contributed by atoms with van der Waals surface area (Å²) < 4.78 is 39.1. The third-order valence-corrected chi connectivity index (χ3v) is 5.23. The van der Waals surface area contributed by atoms with Gasteiger partial charge in [0.1, 0.15) is 11.1 Å². The molecule has 3 rings (SSSR count). The topological polar surface area (TPSA) is 68.3 Å². The first kappa shape index (κ1) is 20.1. The molecule has 2 aromatic rings. The third kappa shape index (κ3) is 3.30. The summed E-state index contributed by atoms with van der Waals surface area (Å²) in [6.07, 6.45) is -1.03. The van der Waals surface area contributed by atoms with Crippen molar-refractivity contribution in [1.29, 1.82) is 0 Å². The first-order chi connectivity index (χ1) is 13.1. The summed E-state index contributed by atoms with van der Waals surface area (Å²) in [6.45, 7) is 3.29. The Labute approximate surface area is 164 Å². The number of nitrogens with two attached hydrogens (primary N) is 1. The second kappa shape index (κ2) is 7.05. The van der Waals surface area contributed by atoms with Crippen molar-refractivity contribution in [3.8, 4) is 11.3 Å². The molecular formula is C20H17ClF3N3O. The van der Waals surface area contributed by atoms with Crippen LogP contribution in [0.25, 0.3) is 11.3 Å². The van der Waals surface area contributed by atoms with Crippen molar-refractivity contribution in [2.24, 2.45) is 10.7 Å². The Morgan fingerprint density at radius 2 is 2.00 bits per heavy atom. The number of aromatic nitrogens is 1. The molecule has 2 N–H and O–H groups in total. The maximum Gasteiger partial charge on any atom is 0.432 e. The number of aliphatic imine (C=N–C) groups is 1. The molecule has 0 spiro atoms. The SMILES string of the molecule is Cc1cccnc1-c1cc(C2(C(N)=O)C=CC(C(F)(F)F)=NC2C)ccc1Cl. The van der Waals surface area contributed by atoms with Crippen LogP contribution in [-0.2, 0) is 10.2 Å². The van der Waals surface area contributed by atoms with E-state index in [1.54, 1.807) is 30.5 Å². The van der Waals surface area contributed by atoms with Crippen molar-refractivity contribution in [2.75, 3.05) is 0 Å². The lowest BCUT2D eigenvalue weighted by Crippen LogP contribution is -2.49. The quantitative estimate of drug-likeness (QED) is 0.819. The highest BCUT2D eigenvalue weighted by molar-refractivity contribution is 6.33. The number of amides is 1. The number of aryl methyl sites for hydroxylation is 1. The van der Waals surface area contributed by atoms with Gasteiger partial charge in [-0.25, -0.2) is 0 Å². The van der Waals surface area contributed by atoms with E-state index in [4.69, 9.17) is 17.3 Å². The fourth-order valence-corrected chi connectivity index (χ4v) is 3.58. The second-order valence-corrected chi connectivity index (χ2v) is 7.03. The lowest BCUT2D eigenvalue weighted by molar-refractivity contribution is -0.122. The molecule has 1 aliphatic heterocycles. The van der Waals surface area contributed by atoms with Crippen LogP contribution in [0.5, 0.6) is 0 Å². The van der Waals surface area contributed by atoms with E-state index in [9.17, 15) is 18.0 Å². The third-order valence-electron chi connectivity index (χ3n) is 4.90. The highest BCUT2D eigenvalue weighted by atomic mass is 35.5. The number of pyridine rings is 1. The summed E-state index contributed by atoms with van der Waals surface area (Å²) in [4.78, 5) is 20.4. The molecule has 1 aliphatic rings. The number of carbonyl (C=O) groups excluding carboxylic acids is 1. The molecule has 0 saturated carbocycles. The smallest absolute Gasteiger partial charge is 0.369 e. The number of primary amides is 1. The van der Waals surface area contributed by atoms with E-state index in [1.165, 1.54) is 13.0 Å². The standard InChI is InChI=1S/C20H17ClF3N3O/c1-11-4-3-9-26-17(11)14-10-13(5-6-15(14)21)19(18(25)28)8-7-16(20(22,23)24)27-12(19)2/h3-10,12H,1-2H3,(H2,25,28). The number of allylic oxidation sites excluding steroid dienone is 1. The van der Waals surface area contributed by atoms with Crippen molar-refractivity contribution < 1.29 is 18.0 Å². The number of hydrogen-bond donors (Lipinski definition) is 1. The van der Waals surface area contributed by atoms with Gasteiger partial charge in [-0.1, -0.05) is 29.8 Å². The molecule has 1 aromatic heterocycles. The molecule has 0 radical (unpaired) electrons. The summed E-state index contributed by atoms with van der Waals surface area (Å²) in [5.41, 5.74) is 5.50. The fourth-order valence-electron chi connectivity index (χ4n) is 3.37. The van der Waals surface area contributed by atoms with Gasteiger partial charge in [-0.15, -0.1) is 0 Å². The van der Waals surface area contributed by atoms with E-state index in [0.29, 0.717) is 21.8 Å². The fraction of sp³-hybridized carbons (Fsp3) is 0.250. The van der Waals surface area contributed by atoms with Gasteiger partial charge in [0.25, 0.3) is 0 Å². The molecule has 2 unspecified atom stereocenters. The second-order valence-electron chi connectivity index (χ2n) is 6.62. The van der Waals surface area contributed by atoms with Crippen LogP contribution in [-0.4, -0.2) is 28.8 Å². The van der Waals surface area contributed by atoms with Gasteiger partial charge in [0.05, 0.1) is 11.7 Å². The van der Waals surface area contributed by atoms with Crippen molar-refractivity contribution >= 4 is 23.2 Å². The van der Waals surface area contributed by atoms with E-state index >= 15 is 0 Å². The van der Waals surface area contributed by atoms with Gasteiger partial charge in [-0.05, 0) is 49.2 Å². The molecule has 1 amide bonds. The summed E-state index contributed by atoms with van der Waals surface area (Å²) in [5, 5.41) is 0.400. The van der Waals surface area contributed by atoms with Gasteiger partial charge in [-0.3, -0.25) is 14.8 Å². The number of rotatable bonds is 3. The van der Waals surface area contributed by atoms with Crippen LogP contribution in [0.3, 0.4) is 0 Å². The van der Waals surface area contributed by atoms with Crippen LogP contribution in [0.4, 0.5) is 13.2 Å². The number of alkyl halides is 3. The predicted octanol–water partition coefficient (Wildman–Crippen LogP) is 4.40. The van der Waals surface area contributed by atoms with Gasteiger partial charge in [0.15, 0.2) is 0 Å². The van der Waals surface area contributed by atoms with Crippen molar-refractivity contribution in [2.45, 2.75) is 31.5 Å². The van der Waals surface area contributed by atoms with Crippen LogP contribution in [0.2, 0.25) is 5.02 Å². The molecule has 4 nitrogen and oxygen atoms in total. The molecule has 8 heteroatoms. The Balaban J connectivity index is 2.17. The van der Waals surface area contributed by atoms with Crippen LogP contribution in [0, 0.1) is 6.92 Å². The molecule has 0 aliphatic carbocycles. The molecule has 0 saturated heterocycles. The minimum absolute atomic E-state index is 0.400. The van der Waals surface area contributed by atoms with Crippen molar-refractivity contribution in [3.63, 3.8) is 0 Å². The van der Waals surface area contributed by atoms with Crippen LogP contribution < -0.4 is 5.73 Å². The van der Waals surface area contributed by atoms with E-state index in [1.807, 2.05) is 13.0 Å². The molecule has 1 aromatic carbocycles. The number of benzene rings is 1. The highest BCUT2D eigenvalue weighted by Gasteiger charge is 2.47. The predicted molar refractivity (Wildman–Crippen MR) is 102 cm³/mol. The Bertz CT molecular complexity index is 1000. The number of nitrogens with zero attached hydrogens (tertiary/aromatic N) is 2. The van der Waals surface area contributed by atoms with Gasteiger partial charge >= 0.3 is 6.18 Å². The average molecular weight is 408 g/mol. The van der Waals surface area contributed by atoms with Gasteiger partial charge in [-0.2, -0.15) is 13.2 Å². The molecule has 28 heavy (non-hydrogen) atoms. The van der Waals surface area contributed by atoms with Gasteiger partial charge in [0, 0.05) is 16.8 Å². The molecule has 2 heterocycles. The van der Waals surface area contributed by atoms with E-state index in [2.05, 4.69) is 9.98 Å². The number of dihydropyridines is 1. The number of halogens is 4. The highest BCUT2D eigenvalue weighted by Crippen LogP contribution is 2.39. The first-order valence-corrected chi connectivity index (χ1v) is 8.81. The Morgan fingerprint density at radius 1 is 1.29 bits per heavy atom. The zero-order valence-electron chi connectivity index (χ0n) is 15.1. The molecule has 0 bridgehead atoms. The molecule has 146 valence electrons. The molecular weight excluding hydrogens is 391 g/mol. The monoisotopic (exact) mass is 407 g/mol. The summed E-state index contributed by atoms with van der Waals surface area (Å²) in [6, 6.07) is 7.37. The lowest BCUT2D eigenvalue weighted by Gasteiger charge is -2.35. The lowest BCUT2D eigenvalue weighted by atomic mass is 9.72. The zero-order chi connectivity index (χ0) is 20.7. The van der Waals surface area contributed by atoms with Crippen molar-refractivity contribution in [1.82, 2.24) is 4.98 Å². The van der Waals surface area contributed by atoms with E-state index in [-0.39, 0.29) is 0 Å². The Morgan fingerprint density at radius 3 is 2.57 bits per heavy atom. The minimum atomic E-state index is -4.61. The van der Waals surface area contributed by atoms with Crippen LogP contribution in [0.1, 0.15) is 18.1 Å². The molecule has 2 atom stereocenters. The van der Waals surface area contributed by atoms with Crippen molar-refractivity contribution in [3.05, 3.63) is 64.8 Å². The maximum absolute atomic E-state index is 13.0. The largest absolute Gasteiger partial charge is 0.432 e. The minimum Gasteiger partial charge on any atom is -0.369 e. The van der Waals surface area contributed by atoms with Gasteiger partial charge < -0.3 is 5.73 Å². The normalized spacial score (nSPS) is 22.1. The summed E-state index contributed by atoms with van der Waals surface area (Å²) in [7, 11) is 0. The maximum atomic E-state index is 13.0. The first-order valence-electron chi connectivity index (χ1n) is 8.43. The Hall–Kier alpha value is -2.67. The Kier molecular flexibility index (Phi) is 5.06. The summed E-state index contributed by atoms with van der Waals surface area (Å²) in [5.74, 6) is -0.799. The zero-order valence-corrected chi connectivity index (χ0v) is 15.8. The van der Waals surface area contributed by atoms with Gasteiger partial charge in [0.2, 0.25) is 5.91 Å². The molecule has 0 fully saturated rings. The number of carbonyl (C=O) groups is 1. The van der Waals surface area contributed by atoms with Crippen LogP contribution >= 0.6 is 11.6 Å². The number of hydrogen-bond acceptors (Lipinski definition) is 3. The van der Waals surface area contributed by atoms with E-state index in [0.717, 1.165) is 11.6 Å².